The van der Waals surface area contributed by atoms with Crippen molar-refractivity contribution in [2.75, 3.05) is 32.2 Å². The van der Waals surface area contributed by atoms with E-state index in [1.807, 2.05) is 53.2 Å². The zero-order valence-electron chi connectivity index (χ0n) is 18.7. The molecule has 9 heteroatoms. The molecule has 0 fully saturated rings. The summed E-state index contributed by atoms with van der Waals surface area (Å²) in [6.45, 7) is 1.45. The van der Waals surface area contributed by atoms with Crippen LogP contribution in [0.5, 0.6) is 0 Å². The van der Waals surface area contributed by atoms with Crippen LogP contribution in [0.2, 0.25) is 0 Å². The lowest BCUT2D eigenvalue weighted by molar-refractivity contribution is -0.109. The van der Waals surface area contributed by atoms with Crippen molar-refractivity contribution in [2.24, 2.45) is 0 Å². The Morgan fingerprint density at radius 3 is 2.71 bits per heavy atom. The quantitative estimate of drug-likeness (QED) is 0.242. The molecule has 2 aromatic carbocycles. The van der Waals surface area contributed by atoms with Gasteiger partial charge in [-0.15, -0.1) is 0 Å². The van der Waals surface area contributed by atoms with E-state index in [1.165, 1.54) is 12.1 Å². The van der Waals surface area contributed by atoms with Crippen molar-refractivity contribution in [3.8, 4) is 11.1 Å². The summed E-state index contributed by atoms with van der Waals surface area (Å²) < 4.78 is 34.7. The van der Waals surface area contributed by atoms with Crippen molar-refractivity contribution < 1.29 is 23.4 Å². The molecular weight excluding hydrogens is 442 g/mol. The fourth-order valence-electron chi connectivity index (χ4n) is 3.38. The minimum absolute atomic E-state index is 0.208. The van der Waals surface area contributed by atoms with Crippen LogP contribution in [-0.2, 0) is 16.0 Å². The second-order valence-corrected chi connectivity index (χ2v) is 7.16. The van der Waals surface area contributed by atoms with E-state index in [0.717, 1.165) is 35.6 Å². The molecule has 0 radical (unpaired) electrons. The summed E-state index contributed by atoms with van der Waals surface area (Å²) in [5.74, 6) is -1.27. The molecule has 0 saturated carbocycles. The van der Waals surface area contributed by atoms with Crippen LogP contribution in [0.3, 0.4) is 0 Å². The van der Waals surface area contributed by atoms with Gasteiger partial charge in [0.2, 0.25) is 6.41 Å². The number of halogens is 2. The van der Waals surface area contributed by atoms with Gasteiger partial charge in [-0.25, -0.2) is 13.8 Å². The number of rotatable bonds is 10. The number of aliphatic hydroxyl groups excluding tert-OH is 1. The summed E-state index contributed by atoms with van der Waals surface area (Å²) in [6.07, 6.45) is 5.15. The highest BCUT2D eigenvalue weighted by atomic mass is 19.1. The van der Waals surface area contributed by atoms with Gasteiger partial charge in [-0.1, -0.05) is 12.1 Å². The van der Waals surface area contributed by atoms with E-state index < -0.39 is 11.6 Å². The first-order valence-corrected chi connectivity index (χ1v) is 10.6. The fraction of sp³-hybridized carbons (Fsp3) is 0.200. The van der Waals surface area contributed by atoms with Crippen LogP contribution in [0.15, 0.2) is 67.0 Å². The number of aliphatic hydroxyl groups is 1. The van der Waals surface area contributed by atoms with Crippen LogP contribution in [0.25, 0.3) is 16.8 Å². The molecule has 0 aliphatic rings. The SMILES string of the molecule is CO.O=CNCCOCCc1cnc2ccc(-c3cccc(Nc4ccc(F)cc4F)c3)cn12. The second kappa shape index (κ2) is 12.4. The van der Waals surface area contributed by atoms with Crippen molar-refractivity contribution in [3.63, 3.8) is 0 Å². The van der Waals surface area contributed by atoms with Gasteiger partial charge in [-0.05, 0) is 47.5 Å². The number of hydrogen-bond acceptors (Lipinski definition) is 5. The minimum Gasteiger partial charge on any atom is -0.400 e. The molecule has 2 heterocycles. The number of nitrogens with one attached hydrogen (secondary N) is 2. The molecule has 4 aromatic rings. The van der Waals surface area contributed by atoms with Gasteiger partial charge in [0, 0.05) is 49.9 Å². The van der Waals surface area contributed by atoms with Crippen molar-refractivity contribution in [1.29, 1.82) is 0 Å². The molecule has 0 spiro atoms. The molecule has 2 aromatic heterocycles. The van der Waals surface area contributed by atoms with Crippen molar-refractivity contribution in [2.45, 2.75) is 6.42 Å². The maximum atomic E-state index is 14.0. The maximum absolute atomic E-state index is 14.0. The van der Waals surface area contributed by atoms with Crippen LogP contribution in [0.4, 0.5) is 20.2 Å². The third kappa shape index (κ3) is 6.37. The largest absolute Gasteiger partial charge is 0.400 e. The Bertz CT molecular complexity index is 1230. The first-order chi connectivity index (χ1) is 16.6. The minimum atomic E-state index is -0.649. The summed E-state index contributed by atoms with van der Waals surface area (Å²) >= 11 is 0. The van der Waals surface area contributed by atoms with Gasteiger partial charge in [-0.2, -0.15) is 0 Å². The van der Waals surface area contributed by atoms with Gasteiger partial charge in [0.15, 0.2) is 0 Å². The Morgan fingerprint density at radius 1 is 1.06 bits per heavy atom. The molecule has 34 heavy (non-hydrogen) atoms. The highest BCUT2D eigenvalue weighted by molar-refractivity contribution is 5.71. The molecule has 1 amide bonds. The monoisotopic (exact) mass is 468 g/mol. The van der Waals surface area contributed by atoms with E-state index in [4.69, 9.17) is 9.84 Å². The van der Waals surface area contributed by atoms with E-state index in [2.05, 4.69) is 15.6 Å². The molecule has 178 valence electrons. The first kappa shape index (κ1) is 24.8. The van der Waals surface area contributed by atoms with Gasteiger partial charge >= 0.3 is 0 Å². The van der Waals surface area contributed by atoms with Crippen molar-refractivity contribution in [1.82, 2.24) is 14.7 Å². The number of carbonyl (C=O) groups excluding carboxylic acids is 1. The van der Waals surface area contributed by atoms with E-state index >= 15 is 0 Å². The third-order valence-electron chi connectivity index (χ3n) is 4.96. The normalized spacial score (nSPS) is 10.5. The van der Waals surface area contributed by atoms with E-state index in [0.29, 0.717) is 38.3 Å². The van der Waals surface area contributed by atoms with Crippen molar-refractivity contribution in [3.05, 3.63) is 84.3 Å². The molecular formula is C25H26F2N4O3. The zero-order valence-corrected chi connectivity index (χ0v) is 18.7. The molecule has 3 N–H and O–H groups in total. The number of ether oxygens (including phenoxy) is 1. The Morgan fingerprint density at radius 2 is 1.91 bits per heavy atom. The Hall–Kier alpha value is -3.82. The van der Waals surface area contributed by atoms with Crippen LogP contribution in [0, 0.1) is 11.6 Å². The van der Waals surface area contributed by atoms with Crippen LogP contribution >= 0.6 is 0 Å². The fourth-order valence-corrected chi connectivity index (χ4v) is 3.38. The van der Waals surface area contributed by atoms with Gasteiger partial charge < -0.3 is 24.9 Å². The summed E-state index contributed by atoms with van der Waals surface area (Å²) in [5, 5.41) is 12.6. The summed E-state index contributed by atoms with van der Waals surface area (Å²) in [4.78, 5) is 14.7. The number of aromatic nitrogens is 2. The van der Waals surface area contributed by atoms with Gasteiger partial charge in [0.1, 0.15) is 17.3 Å². The maximum Gasteiger partial charge on any atom is 0.207 e. The average molecular weight is 469 g/mol. The highest BCUT2D eigenvalue weighted by Crippen LogP contribution is 2.27. The topological polar surface area (TPSA) is 87.9 Å². The number of carbonyl (C=O) groups is 1. The summed E-state index contributed by atoms with van der Waals surface area (Å²) in [7, 11) is 1.00. The van der Waals surface area contributed by atoms with Crippen LogP contribution in [0.1, 0.15) is 5.69 Å². The number of hydrogen-bond donors (Lipinski definition) is 3. The molecule has 0 unspecified atom stereocenters. The van der Waals surface area contributed by atoms with Gasteiger partial charge in [0.05, 0.1) is 18.9 Å². The number of amides is 1. The predicted molar refractivity (Wildman–Crippen MR) is 127 cm³/mol. The van der Waals surface area contributed by atoms with E-state index in [9.17, 15) is 13.6 Å². The second-order valence-electron chi connectivity index (χ2n) is 7.16. The predicted octanol–water partition coefficient (Wildman–Crippen LogP) is 3.94. The number of imidazole rings is 1. The zero-order chi connectivity index (χ0) is 24.3. The van der Waals surface area contributed by atoms with E-state index in [1.54, 1.807) is 0 Å². The molecule has 0 saturated heterocycles. The Balaban J connectivity index is 0.00000158. The van der Waals surface area contributed by atoms with E-state index in [-0.39, 0.29) is 5.69 Å². The number of anilines is 2. The standard InChI is InChI=1S/C24H22F2N4O2.CH4O/c25-19-5-6-23(22(26)13-19)29-20-3-1-2-17(12-20)18-4-7-24-28-14-21(30(24)15-18)8-10-32-11-9-27-16-31;1-2/h1-7,12-16,29H,8-11H2,(H,27,31);2H,1H3. The number of nitrogens with zero attached hydrogens (tertiary/aromatic N) is 2. The molecule has 4 rings (SSSR count). The molecule has 0 aliphatic heterocycles. The Labute approximate surface area is 196 Å². The van der Waals surface area contributed by atoms with Gasteiger partial charge in [-0.3, -0.25) is 4.79 Å². The molecule has 0 atom stereocenters. The lowest BCUT2D eigenvalue weighted by Gasteiger charge is -2.10. The summed E-state index contributed by atoms with van der Waals surface area (Å²) in [5.41, 5.74) is 4.64. The third-order valence-corrected chi connectivity index (χ3v) is 4.96. The smallest absolute Gasteiger partial charge is 0.207 e. The van der Waals surface area contributed by atoms with Gasteiger partial charge in [0.25, 0.3) is 0 Å². The number of fused-ring (bicyclic) bond motifs is 1. The Kier molecular flexibility index (Phi) is 9.07. The van der Waals surface area contributed by atoms with Crippen molar-refractivity contribution >= 4 is 23.4 Å². The number of pyridine rings is 1. The molecule has 0 bridgehead atoms. The molecule has 0 aliphatic carbocycles. The lowest BCUT2D eigenvalue weighted by Crippen LogP contribution is -2.18. The molecule has 7 nitrogen and oxygen atoms in total. The van der Waals surface area contributed by atoms with Crippen LogP contribution < -0.4 is 10.6 Å². The van der Waals surface area contributed by atoms with Crippen LogP contribution in [-0.4, -0.2) is 47.8 Å². The number of benzene rings is 2. The average Bonchev–Trinajstić information content (AvgIpc) is 3.27. The first-order valence-electron chi connectivity index (χ1n) is 10.6. The highest BCUT2D eigenvalue weighted by Gasteiger charge is 2.08. The lowest BCUT2D eigenvalue weighted by atomic mass is 10.1. The summed E-state index contributed by atoms with van der Waals surface area (Å²) in [6, 6.07) is 14.9.